The SMILES string of the molecule is CC(C)CCN1CCOCCOc2ccc(C(=O)NCCc3ccccn3)cc2Cc2cccc(c2)C1. The second-order valence-corrected chi connectivity index (χ2v) is 10.1. The summed E-state index contributed by atoms with van der Waals surface area (Å²) in [6.07, 6.45) is 4.34. The van der Waals surface area contributed by atoms with E-state index in [1.54, 1.807) is 6.20 Å². The van der Waals surface area contributed by atoms with Crippen LogP contribution in [0.5, 0.6) is 5.75 Å². The molecule has 0 unspecified atom stereocenters. The van der Waals surface area contributed by atoms with E-state index >= 15 is 0 Å². The third-order valence-electron chi connectivity index (χ3n) is 6.57. The number of hydrogen-bond donors (Lipinski definition) is 1. The summed E-state index contributed by atoms with van der Waals surface area (Å²) in [6.45, 7) is 9.66. The number of nitrogens with one attached hydrogen (secondary N) is 1. The lowest BCUT2D eigenvalue weighted by Crippen LogP contribution is -2.29. The van der Waals surface area contributed by atoms with Crippen LogP contribution >= 0.6 is 0 Å². The zero-order valence-electron chi connectivity index (χ0n) is 22.1. The summed E-state index contributed by atoms with van der Waals surface area (Å²) in [5.74, 6) is 1.39. The molecule has 0 fully saturated rings. The maximum absolute atomic E-state index is 12.9. The zero-order valence-corrected chi connectivity index (χ0v) is 22.1. The Morgan fingerprint density at radius 3 is 2.76 bits per heavy atom. The van der Waals surface area contributed by atoms with E-state index in [-0.39, 0.29) is 5.91 Å². The number of ether oxygens (including phenoxy) is 2. The molecule has 3 aromatic rings. The number of pyridine rings is 1. The highest BCUT2D eigenvalue weighted by Gasteiger charge is 2.14. The van der Waals surface area contributed by atoms with E-state index in [2.05, 4.69) is 53.3 Å². The lowest BCUT2D eigenvalue weighted by Gasteiger charge is -2.24. The van der Waals surface area contributed by atoms with Crippen LogP contribution in [-0.2, 0) is 24.1 Å². The third kappa shape index (κ3) is 8.69. The highest BCUT2D eigenvalue weighted by molar-refractivity contribution is 5.94. The minimum atomic E-state index is -0.0870. The van der Waals surface area contributed by atoms with Gasteiger partial charge in [-0.1, -0.05) is 44.2 Å². The van der Waals surface area contributed by atoms with E-state index in [9.17, 15) is 4.79 Å². The average molecular weight is 502 g/mol. The number of aromatic nitrogens is 1. The Balaban J connectivity index is 1.48. The number of rotatable bonds is 7. The molecule has 2 aromatic carbocycles. The second-order valence-electron chi connectivity index (χ2n) is 10.1. The van der Waals surface area contributed by atoms with Gasteiger partial charge >= 0.3 is 0 Å². The fourth-order valence-electron chi connectivity index (χ4n) is 4.48. The van der Waals surface area contributed by atoms with E-state index in [0.29, 0.717) is 50.7 Å². The number of carbonyl (C=O) groups excluding carboxylic acids is 1. The molecule has 0 radical (unpaired) electrons. The standard InChI is InChI=1S/C31H39N3O3/c1-24(2)12-15-34-16-17-36-18-19-37-30-10-9-27(31(35)33-14-11-29-8-3-4-13-32-29)22-28(30)21-25-6-5-7-26(20-25)23-34/h3-10,13,20,22,24H,11-12,14-19,21,23H2,1-2H3,(H,33,35). The van der Waals surface area contributed by atoms with Gasteiger partial charge < -0.3 is 14.8 Å². The quantitative estimate of drug-likeness (QED) is 0.499. The van der Waals surface area contributed by atoms with E-state index in [4.69, 9.17) is 9.47 Å². The molecule has 1 aliphatic rings. The average Bonchev–Trinajstić information content (AvgIpc) is 2.90. The first-order valence-corrected chi connectivity index (χ1v) is 13.4. The van der Waals surface area contributed by atoms with Gasteiger partial charge in [0.1, 0.15) is 12.4 Å². The van der Waals surface area contributed by atoms with Gasteiger partial charge in [0, 0.05) is 49.9 Å². The predicted molar refractivity (Wildman–Crippen MR) is 147 cm³/mol. The van der Waals surface area contributed by atoms with Crippen LogP contribution in [0.4, 0.5) is 0 Å². The van der Waals surface area contributed by atoms with Gasteiger partial charge in [0.2, 0.25) is 0 Å². The van der Waals surface area contributed by atoms with Crippen molar-refractivity contribution in [3.05, 3.63) is 94.8 Å². The molecule has 0 saturated carbocycles. The van der Waals surface area contributed by atoms with E-state index < -0.39 is 0 Å². The Morgan fingerprint density at radius 2 is 1.92 bits per heavy atom. The molecule has 4 rings (SSSR count). The molecule has 37 heavy (non-hydrogen) atoms. The van der Waals surface area contributed by atoms with E-state index in [0.717, 1.165) is 36.6 Å². The van der Waals surface area contributed by atoms with Gasteiger partial charge in [-0.15, -0.1) is 0 Å². The summed E-state index contributed by atoms with van der Waals surface area (Å²) < 4.78 is 12.0. The van der Waals surface area contributed by atoms with Crippen molar-refractivity contribution in [3.63, 3.8) is 0 Å². The molecule has 1 N–H and O–H groups in total. The number of fused-ring (bicyclic) bond motifs is 3. The number of nitrogens with zero attached hydrogens (tertiary/aromatic N) is 2. The summed E-state index contributed by atoms with van der Waals surface area (Å²) in [7, 11) is 0. The van der Waals surface area contributed by atoms with Crippen molar-refractivity contribution in [2.45, 2.75) is 39.7 Å². The largest absolute Gasteiger partial charge is 0.491 e. The normalized spacial score (nSPS) is 14.9. The maximum atomic E-state index is 12.9. The molecule has 1 aromatic heterocycles. The Labute approximate surface area is 221 Å². The first-order chi connectivity index (χ1) is 18.1. The number of benzene rings is 2. The molecular weight excluding hydrogens is 462 g/mol. The van der Waals surface area contributed by atoms with Crippen molar-refractivity contribution < 1.29 is 14.3 Å². The Hall–Kier alpha value is -3.22. The number of hydrogen-bond acceptors (Lipinski definition) is 5. The van der Waals surface area contributed by atoms with Crippen molar-refractivity contribution in [1.29, 1.82) is 0 Å². The van der Waals surface area contributed by atoms with Crippen LogP contribution in [-0.4, -0.2) is 55.2 Å². The monoisotopic (exact) mass is 501 g/mol. The molecule has 0 aliphatic carbocycles. The zero-order chi connectivity index (χ0) is 25.9. The molecule has 2 heterocycles. The summed E-state index contributed by atoms with van der Waals surface area (Å²) in [5.41, 5.74) is 5.11. The predicted octanol–water partition coefficient (Wildman–Crippen LogP) is 4.90. The van der Waals surface area contributed by atoms with Crippen molar-refractivity contribution in [3.8, 4) is 5.75 Å². The molecule has 2 bridgehead atoms. The first-order valence-electron chi connectivity index (χ1n) is 13.4. The van der Waals surface area contributed by atoms with Gasteiger partial charge in [-0.25, -0.2) is 0 Å². The first kappa shape index (κ1) is 26.8. The van der Waals surface area contributed by atoms with E-state index in [1.807, 2.05) is 36.4 Å². The molecule has 6 nitrogen and oxygen atoms in total. The van der Waals surface area contributed by atoms with Crippen LogP contribution in [0, 0.1) is 5.92 Å². The van der Waals surface area contributed by atoms with Crippen LogP contribution in [0.3, 0.4) is 0 Å². The summed E-state index contributed by atoms with van der Waals surface area (Å²) in [6, 6.07) is 20.3. The molecule has 0 atom stereocenters. The van der Waals surface area contributed by atoms with Crippen LogP contribution in [0.2, 0.25) is 0 Å². The molecule has 0 spiro atoms. The second kappa shape index (κ2) is 13.9. The van der Waals surface area contributed by atoms with Gasteiger partial charge in [-0.2, -0.15) is 0 Å². The van der Waals surface area contributed by atoms with Crippen LogP contribution in [0.15, 0.2) is 66.9 Å². The van der Waals surface area contributed by atoms with Gasteiger partial charge in [0.25, 0.3) is 5.91 Å². The minimum Gasteiger partial charge on any atom is -0.491 e. The van der Waals surface area contributed by atoms with Crippen LogP contribution < -0.4 is 10.1 Å². The highest BCUT2D eigenvalue weighted by Crippen LogP contribution is 2.25. The lowest BCUT2D eigenvalue weighted by molar-refractivity contribution is 0.0764. The number of carbonyl (C=O) groups is 1. The third-order valence-corrected chi connectivity index (χ3v) is 6.57. The lowest BCUT2D eigenvalue weighted by atomic mass is 9.99. The van der Waals surface area contributed by atoms with Crippen molar-refractivity contribution >= 4 is 5.91 Å². The Bertz CT molecular complexity index is 1130. The van der Waals surface area contributed by atoms with Crippen molar-refractivity contribution in [2.24, 2.45) is 5.92 Å². The molecule has 1 aliphatic heterocycles. The number of amides is 1. The van der Waals surface area contributed by atoms with Crippen LogP contribution in [0.25, 0.3) is 0 Å². The minimum absolute atomic E-state index is 0.0870. The molecule has 196 valence electrons. The molecule has 6 heteroatoms. The van der Waals surface area contributed by atoms with Gasteiger partial charge in [-0.05, 0) is 65.9 Å². The maximum Gasteiger partial charge on any atom is 0.251 e. The fourth-order valence-corrected chi connectivity index (χ4v) is 4.48. The van der Waals surface area contributed by atoms with Crippen LogP contribution in [0.1, 0.15) is 53.0 Å². The van der Waals surface area contributed by atoms with Crippen molar-refractivity contribution in [1.82, 2.24) is 15.2 Å². The topological polar surface area (TPSA) is 63.7 Å². The summed E-state index contributed by atoms with van der Waals surface area (Å²) in [5, 5.41) is 3.02. The van der Waals surface area contributed by atoms with Gasteiger partial charge in [0.15, 0.2) is 0 Å². The van der Waals surface area contributed by atoms with Crippen molar-refractivity contribution in [2.75, 3.05) is 39.5 Å². The fraction of sp³-hybridized carbons (Fsp3) is 0.419. The smallest absolute Gasteiger partial charge is 0.251 e. The Kier molecular flexibility index (Phi) is 10.1. The molecule has 0 saturated heterocycles. The van der Waals surface area contributed by atoms with E-state index in [1.165, 1.54) is 17.5 Å². The molecular formula is C31H39N3O3. The van der Waals surface area contributed by atoms with Gasteiger partial charge in [-0.3, -0.25) is 14.7 Å². The molecule has 1 amide bonds. The summed E-state index contributed by atoms with van der Waals surface area (Å²) in [4.78, 5) is 19.7. The van der Waals surface area contributed by atoms with Gasteiger partial charge in [0.05, 0.1) is 13.2 Å². The highest BCUT2D eigenvalue weighted by atomic mass is 16.5. The Morgan fingerprint density at radius 1 is 1.03 bits per heavy atom. The summed E-state index contributed by atoms with van der Waals surface area (Å²) >= 11 is 0.